The molecule has 7 heteroatoms. The van der Waals surface area contributed by atoms with Gasteiger partial charge in [0.15, 0.2) is 0 Å². The number of ketones is 1. The first-order valence-electron chi connectivity index (χ1n) is 8.37. The number of esters is 1. The van der Waals surface area contributed by atoms with Crippen molar-refractivity contribution < 1.29 is 23.9 Å². The number of hydrogen-bond acceptors (Lipinski definition) is 5. The molecular formula is C18H20N2O5. The summed E-state index contributed by atoms with van der Waals surface area (Å²) in [6.45, 7) is 0.965. The van der Waals surface area contributed by atoms with Crippen LogP contribution in [-0.2, 0) is 23.9 Å². The molecule has 0 aromatic heterocycles. The highest BCUT2D eigenvalue weighted by molar-refractivity contribution is 6.45. The number of methoxy groups -OCH3 is 1. The zero-order valence-electron chi connectivity index (χ0n) is 14.1. The molecule has 1 unspecified atom stereocenters. The van der Waals surface area contributed by atoms with Crippen molar-refractivity contribution >= 4 is 34.9 Å². The summed E-state index contributed by atoms with van der Waals surface area (Å²) >= 11 is 0. The van der Waals surface area contributed by atoms with Crippen LogP contribution < -0.4 is 9.80 Å². The Morgan fingerprint density at radius 3 is 2.24 bits per heavy atom. The van der Waals surface area contributed by atoms with Crippen LogP contribution in [-0.4, -0.2) is 43.8 Å². The summed E-state index contributed by atoms with van der Waals surface area (Å²) in [7, 11) is 1.20. The molecule has 2 aliphatic rings. The predicted molar refractivity (Wildman–Crippen MR) is 90.1 cm³/mol. The van der Waals surface area contributed by atoms with E-state index in [2.05, 4.69) is 4.74 Å². The fraction of sp³-hybridized carbons (Fsp3) is 0.444. The molecule has 3 rings (SSSR count). The quantitative estimate of drug-likeness (QED) is 0.469. The third-order valence-electron chi connectivity index (χ3n) is 4.70. The summed E-state index contributed by atoms with van der Waals surface area (Å²) in [6, 6.07) is 7.01. The van der Waals surface area contributed by atoms with Crippen molar-refractivity contribution in [3.8, 4) is 0 Å². The van der Waals surface area contributed by atoms with Gasteiger partial charge in [-0.05, 0) is 43.5 Å². The molecule has 132 valence electrons. The molecule has 1 aromatic carbocycles. The maximum atomic E-state index is 12.3. The lowest BCUT2D eigenvalue weighted by atomic mass is 9.94. The number of ether oxygens (including phenoxy) is 1. The van der Waals surface area contributed by atoms with Gasteiger partial charge in [0.25, 0.3) is 5.91 Å². The number of amides is 2. The average Bonchev–Trinajstić information content (AvgIpc) is 2.64. The van der Waals surface area contributed by atoms with E-state index >= 15 is 0 Å². The smallest absolute Gasteiger partial charge is 0.316 e. The van der Waals surface area contributed by atoms with Gasteiger partial charge in [0, 0.05) is 30.9 Å². The zero-order chi connectivity index (χ0) is 18.0. The van der Waals surface area contributed by atoms with E-state index in [9.17, 15) is 19.2 Å². The number of anilines is 2. The Kier molecular flexibility index (Phi) is 4.83. The summed E-state index contributed by atoms with van der Waals surface area (Å²) in [5, 5.41) is 0. The van der Waals surface area contributed by atoms with Crippen molar-refractivity contribution in [2.24, 2.45) is 5.92 Å². The summed E-state index contributed by atoms with van der Waals surface area (Å²) in [5.74, 6) is -3.03. The monoisotopic (exact) mass is 344 g/mol. The van der Waals surface area contributed by atoms with Gasteiger partial charge in [0.2, 0.25) is 11.7 Å². The number of carbonyl (C=O) groups is 4. The number of hydrogen-bond donors (Lipinski definition) is 0. The molecule has 0 N–H and O–H groups in total. The van der Waals surface area contributed by atoms with Crippen LogP contribution in [0.2, 0.25) is 0 Å². The third kappa shape index (κ3) is 3.26. The molecule has 2 aliphatic heterocycles. The molecular weight excluding hydrogens is 324 g/mol. The normalized spacial score (nSPS) is 21.5. The van der Waals surface area contributed by atoms with E-state index in [1.54, 1.807) is 29.2 Å². The standard InChI is InChI=1S/C18H20N2O5/c1-25-18(24)14-9-11-20(17(23)16(14)22)13-7-5-12(6-8-13)19-10-3-2-4-15(19)21/h5-8,14H,2-4,9-11H2,1H3. The number of carbonyl (C=O) groups excluding carboxylic acids is 4. The molecule has 1 atom stereocenters. The lowest BCUT2D eigenvalue weighted by Gasteiger charge is -2.30. The molecule has 0 spiro atoms. The molecule has 0 radical (unpaired) electrons. The minimum atomic E-state index is -1.01. The van der Waals surface area contributed by atoms with Crippen LogP contribution in [0.25, 0.3) is 0 Å². The molecule has 0 aliphatic carbocycles. The molecule has 2 amide bonds. The summed E-state index contributed by atoms with van der Waals surface area (Å²) < 4.78 is 4.57. The van der Waals surface area contributed by atoms with Crippen LogP contribution >= 0.6 is 0 Å². The highest BCUT2D eigenvalue weighted by Crippen LogP contribution is 2.27. The summed E-state index contributed by atoms with van der Waals surface area (Å²) in [4.78, 5) is 51.1. The maximum absolute atomic E-state index is 12.3. The van der Waals surface area contributed by atoms with Gasteiger partial charge in [0.1, 0.15) is 5.92 Å². The zero-order valence-corrected chi connectivity index (χ0v) is 14.1. The van der Waals surface area contributed by atoms with Gasteiger partial charge in [-0.2, -0.15) is 0 Å². The highest BCUT2D eigenvalue weighted by atomic mass is 16.5. The van der Waals surface area contributed by atoms with Crippen LogP contribution in [0.4, 0.5) is 11.4 Å². The average molecular weight is 344 g/mol. The molecule has 0 bridgehead atoms. The van der Waals surface area contributed by atoms with Gasteiger partial charge in [-0.1, -0.05) is 0 Å². The van der Waals surface area contributed by atoms with Crippen molar-refractivity contribution in [2.45, 2.75) is 25.7 Å². The minimum absolute atomic E-state index is 0.101. The van der Waals surface area contributed by atoms with Crippen molar-refractivity contribution in [3.05, 3.63) is 24.3 Å². The Balaban J connectivity index is 1.74. The fourth-order valence-electron chi connectivity index (χ4n) is 3.28. The fourth-order valence-corrected chi connectivity index (χ4v) is 3.28. The maximum Gasteiger partial charge on any atom is 0.316 e. The van der Waals surface area contributed by atoms with E-state index in [-0.39, 0.29) is 18.9 Å². The molecule has 0 saturated carbocycles. The van der Waals surface area contributed by atoms with E-state index < -0.39 is 23.6 Å². The Morgan fingerprint density at radius 1 is 1.00 bits per heavy atom. The number of benzene rings is 1. The summed E-state index contributed by atoms with van der Waals surface area (Å²) in [6.07, 6.45) is 2.68. The first-order valence-corrected chi connectivity index (χ1v) is 8.37. The van der Waals surface area contributed by atoms with E-state index in [1.807, 2.05) is 0 Å². The van der Waals surface area contributed by atoms with E-state index in [0.717, 1.165) is 18.5 Å². The molecule has 1 aromatic rings. The van der Waals surface area contributed by atoms with Gasteiger partial charge in [-0.25, -0.2) is 0 Å². The second-order valence-electron chi connectivity index (χ2n) is 6.20. The largest absolute Gasteiger partial charge is 0.468 e. The Bertz CT molecular complexity index is 713. The van der Waals surface area contributed by atoms with Gasteiger partial charge in [-0.15, -0.1) is 0 Å². The lowest BCUT2D eigenvalue weighted by Crippen LogP contribution is -2.48. The second-order valence-corrected chi connectivity index (χ2v) is 6.20. The van der Waals surface area contributed by atoms with Gasteiger partial charge < -0.3 is 14.5 Å². The number of rotatable bonds is 3. The van der Waals surface area contributed by atoms with Crippen molar-refractivity contribution in [2.75, 3.05) is 30.0 Å². The van der Waals surface area contributed by atoms with E-state index in [1.165, 1.54) is 12.0 Å². The van der Waals surface area contributed by atoms with Gasteiger partial charge >= 0.3 is 5.97 Å². The van der Waals surface area contributed by atoms with E-state index in [4.69, 9.17) is 0 Å². The highest BCUT2D eigenvalue weighted by Gasteiger charge is 2.40. The van der Waals surface area contributed by atoms with E-state index in [0.29, 0.717) is 18.7 Å². The molecule has 2 fully saturated rings. The number of nitrogens with zero attached hydrogens (tertiary/aromatic N) is 2. The first-order chi connectivity index (χ1) is 12.0. The Labute approximate surface area is 145 Å². The molecule has 25 heavy (non-hydrogen) atoms. The number of Topliss-reactive ketones (excluding diaryl/α,β-unsaturated/α-hetero) is 1. The Morgan fingerprint density at radius 2 is 1.64 bits per heavy atom. The SMILES string of the molecule is COC(=O)C1CCN(c2ccc(N3CCCCC3=O)cc2)C(=O)C1=O. The van der Waals surface area contributed by atoms with Crippen LogP contribution in [0, 0.1) is 5.92 Å². The van der Waals surface area contributed by atoms with Gasteiger partial charge in [0.05, 0.1) is 7.11 Å². The van der Waals surface area contributed by atoms with Crippen molar-refractivity contribution in [1.82, 2.24) is 0 Å². The Hall–Kier alpha value is -2.70. The van der Waals surface area contributed by atoms with Crippen LogP contribution in [0.1, 0.15) is 25.7 Å². The molecule has 2 saturated heterocycles. The molecule has 2 heterocycles. The topological polar surface area (TPSA) is 84.0 Å². The first kappa shape index (κ1) is 17.1. The van der Waals surface area contributed by atoms with Crippen molar-refractivity contribution in [1.29, 1.82) is 0 Å². The number of piperidine rings is 2. The van der Waals surface area contributed by atoms with Crippen LogP contribution in [0.5, 0.6) is 0 Å². The third-order valence-corrected chi connectivity index (χ3v) is 4.70. The summed E-state index contributed by atoms with van der Waals surface area (Å²) in [5.41, 5.74) is 1.37. The lowest BCUT2D eigenvalue weighted by molar-refractivity contribution is -0.154. The van der Waals surface area contributed by atoms with Crippen LogP contribution in [0.3, 0.4) is 0 Å². The van der Waals surface area contributed by atoms with Crippen molar-refractivity contribution in [3.63, 3.8) is 0 Å². The minimum Gasteiger partial charge on any atom is -0.468 e. The molecule has 7 nitrogen and oxygen atoms in total. The predicted octanol–water partition coefficient (Wildman–Crippen LogP) is 1.30. The second kappa shape index (κ2) is 7.04. The van der Waals surface area contributed by atoms with Gasteiger partial charge in [-0.3, -0.25) is 19.2 Å². The van der Waals surface area contributed by atoms with Crippen LogP contribution in [0.15, 0.2) is 24.3 Å².